The molecular weight excluding hydrogens is 237 g/mol. The topological polar surface area (TPSA) is 95.7 Å². The van der Waals surface area contributed by atoms with Crippen molar-refractivity contribution in [3.63, 3.8) is 0 Å². The highest BCUT2D eigenvalue weighted by molar-refractivity contribution is 5.53. The minimum Gasteiger partial charge on any atom is -0.402 e. The first kappa shape index (κ1) is 12.6. The van der Waals surface area contributed by atoms with Crippen molar-refractivity contribution < 1.29 is 17.9 Å². The maximum atomic E-state index is 12.0. The summed E-state index contributed by atoms with van der Waals surface area (Å²) in [5.74, 6) is -1.28. The van der Waals surface area contributed by atoms with Crippen LogP contribution in [-0.2, 0) is 6.42 Å². The first-order valence-corrected chi connectivity index (χ1v) is 4.19. The SMILES string of the molecule is N#CCc1nc(N)c(OC(F)(F)F)cc1C#N. The number of rotatable bonds is 2. The smallest absolute Gasteiger partial charge is 0.402 e. The summed E-state index contributed by atoms with van der Waals surface area (Å²) in [6.45, 7) is 0. The fourth-order valence-electron chi connectivity index (χ4n) is 1.06. The summed E-state index contributed by atoms with van der Waals surface area (Å²) in [7, 11) is 0. The van der Waals surface area contributed by atoms with E-state index >= 15 is 0 Å². The van der Waals surface area contributed by atoms with Crippen molar-refractivity contribution in [3.8, 4) is 17.9 Å². The number of hydrogen-bond acceptors (Lipinski definition) is 5. The molecule has 17 heavy (non-hydrogen) atoms. The van der Waals surface area contributed by atoms with E-state index in [1.807, 2.05) is 0 Å². The van der Waals surface area contributed by atoms with Crippen molar-refractivity contribution in [2.45, 2.75) is 12.8 Å². The number of nitrogens with two attached hydrogens (primary N) is 1. The van der Waals surface area contributed by atoms with Gasteiger partial charge in [-0.2, -0.15) is 10.5 Å². The van der Waals surface area contributed by atoms with Gasteiger partial charge in [0.25, 0.3) is 0 Å². The number of ether oxygens (including phenoxy) is 1. The van der Waals surface area contributed by atoms with Crippen LogP contribution < -0.4 is 10.5 Å². The number of pyridine rings is 1. The van der Waals surface area contributed by atoms with E-state index in [1.165, 1.54) is 0 Å². The van der Waals surface area contributed by atoms with Gasteiger partial charge in [-0.15, -0.1) is 13.2 Å². The van der Waals surface area contributed by atoms with Crippen molar-refractivity contribution in [2.24, 2.45) is 0 Å². The second-order valence-electron chi connectivity index (χ2n) is 2.86. The van der Waals surface area contributed by atoms with E-state index in [0.29, 0.717) is 0 Å². The van der Waals surface area contributed by atoms with Crippen LogP contribution in [0.5, 0.6) is 5.75 Å². The van der Waals surface area contributed by atoms with Crippen LogP contribution in [0, 0.1) is 22.7 Å². The molecule has 0 aromatic carbocycles. The molecule has 0 unspecified atom stereocenters. The molecule has 1 aromatic heterocycles. The summed E-state index contributed by atoms with van der Waals surface area (Å²) >= 11 is 0. The molecule has 0 bridgehead atoms. The van der Waals surface area contributed by atoms with E-state index in [9.17, 15) is 13.2 Å². The molecule has 1 heterocycles. The van der Waals surface area contributed by atoms with Crippen molar-refractivity contribution in [1.82, 2.24) is 4.98 Å². The zero-order chi connectivity index (χ0) is 13.1. The van der Waals surface area contributed by atoms with Gasteiger partial charge < -0.3 is 10.5 Å². The molecule has 8 heteroatoms. The van der Waals surface area contributed by atoms with Crippen LogP contribution in [0.4, 0.5) is 19.0 Å². The molecule has 0 amide bonds. The Bertz CT molecular complexity index is 513. The molecule has 0 aliphatic heterocycles. The average molecular weight is 242 g/mol. The fraction of sp³-hybridized carbons (Fsp3) is 0.222. The largest absolute Gasteiger partial charge is 0.573 e. The number of hydrogen-bond donors (Lipinski definition) is 1. The maximum Gasteiger partial charge on any atom is 0.573 e. The first-order chi connectivity index (χ1) is 7.87. The highest BCUT2D eigenvalue weighted by atomic mass is 19.4. The Morgan fingerprint density at radius 2 is 2.06 bits per heavy atom. The van der Waals surface area contributed by atoms with E-state index in [-0.39, 0.29) is 17.7 Å². The lowest BCUT2D eigenvalue weighted by Gasteiger charge is -2.11. The number of nitriles is 2. The van der Waals surface area contributed by atoms with Gasteiger partial charge in [0.1, 0.15) is 6.07 Å². The molecule has 0 aliphatic rings. The summed E-state index contributed by atoms with van der Waals surface area (Å²) in [4.78, 5) is 3.53. The van der Waals surface area contributed by atoms with E-state index in [4.69, 9.17) is 16.3 Å². The summed E-state index contributed by atoms with van der Waals surface area (Å²) in [5.41, 5.74) is 5.06. The van der Waals surface area contributed by atoms with Crippen molar-refractivity contribution in [3.05, 3.63) is 17.3 Å². The molecule has 0 radical (unpaired) electrons. The van der Waals surface area contributed by atoms with Crippen LogP contribution in [-0.4, -0.2) is 11.3 Å². The van der Waals surface area contributed by atoms with Crippen molar-refractivity contribution >= 4 is 5.82 Å². The van der Waals surface area contributed by atoms with Gasteiger partial charge in [-0.25, -0.2) is 4.98 Å². The Morgan fingerprint density at radius 1 is 1.41 bits per heavy atom. The number of nitrogens with zero attached hydrogens (tertiary/aromatic N) is 3. The van der Waals surface area contributed by atoms with E-state index in [0.717, 1.165) is 6.07 Å². The third kappa shape index (κ3) is 3.24. The summed E-state index contributed by atoms with van der Waals surface area (Å²) in [6.07, 6.45) is -5.14. The number of anilines is 1. The van der Waals surface area contributed by atoms with Gasteiger partial charge in [0.2, 0.25) is 0 Å². The molecule has 0 atom stereocenters. The van der Waals surface area contributed by atoms with Crippen LogP contribution in [0.15, 0.2) is 6.07 Å². The van der Waals surface area contributed by atoms with Gasteiger partial charge in [-0.05, 0) is 0 Å². The Morgan fingerprint density at radius 3 is 2.53 bits per heavy atom. The van der Waals surface area contributed by atoms with Crippen LogP contribution in [0.3, 0.4) is 0 Å². The molecule has 2 N–H and O–H groups in total. The minimum atomic E-state index is -4.92. The summed E-state index contributed by atoms with van der Waals surface area (Å²) in [5, 5.41) is 17.1. The molecule has 0 spiro atoms. The standard InChI is InChI=1S/C9H5F3N4O/c10-9(11,12)17-7-3-5(4-14)6(1-2-13)16-8(7)15/h3H,1H2,(H2,15,16). The zero-order valence-corrected chi connectivity index (χ0v) is 8.25. The third-order valence-electron chi connectivity index (χ3n) is 1.69. The Hall–Kier alpha value is -2.48. The van der Waals surface area contributed by atoms with Crippen LogP contribution >= 0.6 is 0 Å². The van der Waals surface area contributed by atoms with E-state index in [1.54, 1.807) is 12.1 Å². The fourth-order valence-corrected chi connectivity index (χ4v) is 1.06. The van der Waals surface area contributed by atoms with Crippen LogP contribution in [0.25, 0.3) is 0 Å². The second-order valence-corrected chi connectivity index (χ2v) is 2.86. The Labute approximate surface area is 93.8 Å². The number of halogens is 3. The second kappa shape index (κ2) is 4.58. The number of aromatic nitrogens is 1. The summed E-state index contributed by atoms with van der Waals surface area (Å²) in [6, 6.07) is 4.15. The Balaban J connectivity index is 3.20. The van der Waals surface area contributed by atoms with Crippen molar-refractivity contribution in [1.29, 1.82) is 10.5 Å². The van der Waals surface area contributed by atoms with Crippen LogP contribution in [0.1, 0.15) is 11.3 Å². The molecule has 0 fully saturated rings. The lowest BCUT2D eigenvalue weighted by Crippen LogP contribution is -2.19. The van der Waals surface area contributed by atoms with Gasteiger partial charge in [-0.1, -0.05) is 0 Å². The predicted octanol–water partition coefficient (Wildman–Crippen LogP) is 1.50. The summed E-state index contributed by atoms with van der Waals surface area (Å²) < 4.78 is 39.5. The molecule has 0 aliphatic carbocycles. The van der Waals surface area contributed by atoms with E-state index in [2.05, 4.69) is 9.72 Å². The quantitative estimate of drug-likeness (QED) is 0.847. The monoisotopic (exact) mass is 242 g/mol. The minimum absolute atomic E-state index is 0.0158. The van der Waals surface area contributed by atoms with Gasteiger partial charge >= 0.3 is 6.36 Å². The lowest BCUT2D eigenvalue weighted by molar-refractivity contribution is -0.274. The molecule has 88 valence electrons. The molecule has 1 aromatic rings. The molecule has 0 saturated heterocycles. The van der Waals surface area contributed by atoms with Gasteiger partial charge in [0, 0.05) is 6.07 Å². The zero-order valence-electron chi connectivity index (χ0n) is 8.25. The van der Waals surface area contributed by atoms with E-state index < -0.39 is 17.9 Å². The molecule has 0 saturated carbocycles. The highest BCUT2D eigenvalue weighted by Crippen LogP contribution is 2.28. The Kier molecular flexibility index (Phi) is 3.39. The van der Waals surface area contributed by atoms with Gasteiger partial charge in [-0.3, -0.25) is 0 Å². The van der Waals surface area contributed by atoms with Crippen molar-refractivity contribution in [2.75, 3.05) is 5.73 Å². The number of alkyl halides is 3. The maximum absolute atomic E-state index is 12.0. The van der Waals surface area contributed by atoms with Crippen LogP contribution in [0.2, 0.25) is 0 Å². The van der Waals surface area contributed by atoms with Gasteiger partial charge in [0.05, 0.1) is 23.7 Å². The third-order valence-corrected chi connectivity index (χ3v) is 1.69. The molecular formula is C9H5F3N4O. The average Bonchev–Trinajstić information content (AvgIpc) is 2.20. The highest BCUT2D eigenvalue weighted by Gasteiger charge is 2.32. The first-order valence-electron chi connectivity index (χ1n) is 4.19. The lowest BCUT2D eigenvalue weighted by atomic mass is 10.1. The molecule has 1 rings (SSSR count). The predicted molar refractivity (Wildman–Crippen MR) is 49.4 cm³/mol. The normalized spacial score (nSPS) is 10.4. The number of nitrogen functional groups attached to an aromatic ring is 1. The molecule has 5 nitrogen and oxygen atoms in total. The van der Waals surface area contributed by atoms with Gasteiger partial charge in [0.15, 0.2) is 11.6 Å².